The first kappa shape index (κ1) is 29.0. The molecule has 0 atom stereocenters. The average molecular weight is 657 g/mol. The van der Waals surface area contributed by atoms with Crippen molar-refractivity contribution in [2.24, 2.45) is 0 Å². The van der Waals surface area contributed by atoms with Crippen LogP contribution in [0.15, 0.2) is 194 Å². The maximum Gasteiger partial charge on any atom is -0.00199 e. The third kappa shape index (κ3) is 4.22. The maximum atomic E-state index is 2.41. The highest BCUT2D eigenvalue weighted by Gasteiger charge is 2.21. The van der Waals surface area contributed by atoms with Crippen LogP contribution in [0.4, 0.5) is 0 Å². The predicted molar refractivity (Wildman–Crippen MR) is 225 cm³/mol. The minimum atomic E-state index is 1.26. The van der Waals surface area contributed by atoms with Gasteiger partial charge in [0, 0.05) is 0 Å². The van der Waals surface area contributed by atoms with Crippen LogP contribution < -0.4 is 0 Å². The molecule has 11 rings (SSSR count). The molecule has 0 saturated carbocycles. The van der Waals surface area contributed by atoms with E-state index in [0.717, 1.165) is 0 Å². The molecule has 0 N–H and O–H groups in total. The number of hydrogen-bond acceptors (Lipinski definition) is 0. The van der Waals surface area contributed by atoms with Crippen LogP contribution in [0.3, 0.4) is 0 Å². The SMILES string of the molecule is c1ccc2c(c1)cc(-c1ccc(-c3c4ccccc4c(-c4cc5ccccc5c5ccccc45)c4ccccc34)c3ccccc13)c1ccccc12. The molecule has 11 aromatic rings. The van der Waals surface area contributed by atoms with E-state index in [9.17, 15) is 0 Å². The minimum Gasteiger partial charge on any atom is -0.0616 e. The molecule has 52 heavy (non-hydrogen) atoms. The second kappa shape index (κ2) is 11.4. The molecule has 0 nitrogen and oxygen atoms in total. The van der Waals surface area contributed by atoms with Crippen molar-refractivity contribution in [3.8, 4) is 33.4 Å². The summed E-state index contributed by atoms with van der Waals surface area (Å²) in [7, 11) is 0. The van der Waals surface area contributed by atoms with Crippen molar-refractivity contribution in [3.63, 3.8) is 0 Å². The summed E-state index contributed by atoms with van der Waals surface area (Å²) in [5.74, 6) is 0. The van der Waals surface area contributed by atoms with Gasteiger partial charge in [-0.05, 0) is 121 Å². The Labute approximate surface area is 301 Å². The van der Waals surface area contributed by atoms with Gasteiger partial charge in [0.2, 0.25) is 0 Å². The van der Waals surface area contributed by atoms with E-state index in [1.54, 1.807) is 0 Å². The van der Waals surface area contributed by atoms with Crippen molar-refractivity contribution in [3.05, 3.63) is 194 Å². The Kier molecular flexibility index (Phi) is 6.35. The molecule has 0 saturated heterocycles. The molecule has 240 valence electrons. The number of fused-ring (bicyclic) bond motifs is 9. The Hall–Kier alpha value is -6.76. The summed E-state index contributed by atoms with van der Waals surface area (Å²) in [5, 5.41) is 17.8. The third-order valence-corrected chi connectivity index (χ3v) is 11.2. The Morgan fingerprint density at radius 3 is 0.942 bits per heavy atom. The summed E-state index contributed by atoms with van der Waals surface area (Å²) >= 11 is 0. The number of benzene rings is 11. The molecular formula is C52H32. The van der Waals surface area contributed by atoms with Gasteiger partial charge >= 0.3 is 0 Å². The lowest BCUT2D eigenvalue weighted by Gasteiger charge is -2.21. The second-order valence-corrected chi connectivity index (χ2v) is 13.9. The van der Waals surface area contributed by atoms with Crippen molar-refractivity contribution in [2.45, 2.75) is 0 Å². The van der Waals surface area contributed by atoms with Crippen LogP contribution in [0, 0.1) is 0 Å². The standard InChI is InChI=1S/C52H32/c1-3-17-35-33(15-1)31-49(41-23-9-5-19-37(35)41)43-29-30-48(40-22-8-7-21-39(40)43)51-44-25-11-13-27-46(44)52(47-28-14-12-26-45(47)51)50-32-34-16-2-4-18-36(34)38-20-6-10-24-42(38)50/h1-32H. The molecule has 0 fully saturated rings. The highest BCUT2D eigenvalue weighted by Crippen LogP contribution is 2.49. The molecule has 0 amide bonds. The van der Waals surface area contributed by atoms with Gasteiger partial charge in [0.05, 0.1) is 0 Å². The topological polar surface area (TPSA) is 0 Å². The zero-order valence-corrected chi connectivity index (χ0v) is 28.5. The fraction of sp³-hybridized carbons (Fsp3) is 0. The molecule has 0 unspecified atom stereocenters. The number of hydrogen-bond donors (Lipinski definition) is 0. The third-order valence-electron chi connectivity index (χ3n) is 11.2. The van der Waals surface area contributed by atoms with Gasteiger partial charge in [-0.15, -0.1) is 0 Å². The van der Waals surface area contributed by atoms with Gasteiger partial charge in [0.25, 0.3) is 0 Å². The summed E-state index contributed by atoms with van der Waals surface area (Å²) in [6.45, 7) is 0. The van der Waals surface area contributed by atoms with Gasteiger partial charge in [0.1, 0.15) is 0 Å². The van der Waals surface area contributed by atoms with E-state index in [1.807, 2.05) is 0 Å². The second-order valence-electron chi connectivity index (χ2n) is 13.9. The van der Waals surface area contributed by atoms with Crippen LogP contribution in [-0.4, -0.2) is 0 Å². The maximum absolute atomic E-state index is 2.41. The zero-order valence-electron chi connectivity index (χ0n) is 28.5. The molecular weight excluding hydrogens is 625 g/mol. The first-order valence-corrected chi connectivity index (χ1v) is 18.1. The lowest BCUT2D eigenvalue weighted by atomic mass is 9.82. The quantitative estimate of drug-likeness (QED) is 0.131. The zero-order chi connectivity index (χ0) is 34.2. The van der Waals surface area contributed by atoms with Gasteiger partial charge in [-0.3, -0.25) is 0 Å². The Morgan fingerprint density at radius 2 is 0.462 bits per heavy atom. The van der Waals surface area contributed by atoms with Crippen molar-refractivity contribution < 1.29 is 0 Å². The van der Waals surface area contributed by atoms with Gasteiger partial charge in [-0.25, -0.2) is 0 Å². The molecule has 0 aromatic heterocycles. The lowest BCUT2D eigenvalue weighted by molar-refractivity contribution is 1.68. The van der Waals surface area contributed by atoms with E-state index < -0.39 is 0 Å². The Balaban J connectivity index is 1.24. The molecule has 11 aromatic carbocycles. The summed E-state index contributed by atoms with van der Waals surface area (Å²) in [5.41, 5.74) is 7.63. The summed E-state index contributed by atoms with van der Waals surface area (Å²) in [4.78, 5) is 0. The van der Waals surface area contributed by atoms with E-state index in [4.69, 9.17) is 0 Å². The molecule has 0 radical (unpaired) electrons. The van der Waals surface area contributed by atoms with Crippen LogP contribution in [0.1, 0.15) is 0 Å². The van der Waals surface area contributed by atoms with Crippen molar-refractivity contribution >= 4 is 75.4 Å². The highest BCUT2D eigenvalue weighted by atomic mass is 14.2. The van der Waals surface area contributed by atoms with Crippen LogP contribution in [-0.2, 0) is 0 Å². The van der Waals surface area contributed by atoms with E-state index in [0.29, 0.717) is 0 Å². The monoisotopic (exact) mass is 656 g/mol. The van der Waals surface area contributed by atoms with E-state index in [1.165, 1.54) is 109 Å². The summed E-state index contributed by atoms with van der Waals surface area (Å²) in [6.07, 6.45) is 0. The summed E-state index contributed by atoms with van der Waals surface area (Å²) < 4.78 is 0. The largest absolute Gasteiger partial charge is 0.0616 e. The molecule has 0 bridgehead atoms. The van der Waals surface area contributed by atoms with E-state index in [2.05, 4.69) is 194 Å². The smallest absolute Gasteiger partial charge is 0.00199 e. The normalized spacial score (nSPS) is 11.8. The first-order valence-electron chi connectivity index (χ1n) is 18.1. The van der Waals surface area contributed by atoms with Crippen LogP contribution in [0.5, 0.6) is 0 Å². The van der Waals surface area contributed by atoms with Gasteiger partial charge in [0.15, 0.2) is 0 Å². The molecule has 0 heterocycles. The van der Waals surface area contributed by atoms with Crippen LogP contribution >= 0.6 is 0 Å². The van der Waals surface area contributed by atoms with Crippen LogP contribution in [0.2, 0.25) is 0 Å². The molecule has 0 aliphatic carbocycles. The fourth-order valence-corrected chi connectivity index (χ4v) is 9.00. The van der Waals surface area contributed by atoms with Crippen LogP contribution in [0.25, 0.3) is 109 Å². The lowest BCUT2D eigenvalue weighted by Crippen LogP contribution is -1.93. The molecule has 0 heteroatoms. The van der Waals surface area contributed by atoms with Gasteiger partial charge in [-0.2, -0.15) is 0 Å². The molecule has 0 aliphatic rings. The van der Waals surface area contributed by atoms with Crippen molar-refractivity contribution in [1.29, 1.82) is 0 Å². The van der Waals surface area contributed by atoms with E-state index >= 15 is 0 Å². The summed E-state index contributed by atoms with van der Waals surface area (Å²) in [6, 6.07) is 71.9. The first-order chi connectivity index (χ1) is 25.8. The molecule has 0 aliphatic heterocycles. The predicted octanol–water partition coefficient (Wildman–Crippen LogP) is 14.8. The van der Waals surface area contributed by atoms with Crippen molar-refractivity contribution in [2.75, 3.05) is 0 Å². The Morgan fingerprint density at radius 1 is 0.173 bits per heavy atom. The fourth-order valence-electron chi connectivity index (χ4n) is 9.00. The van der Waals surface area contributed by atoms with Gasteiger partial charge < -0.3 is 0 Å². The van der Waals surface area contributed by atoms with E-state index in [-0.39, 0.29) is 0 Å². The molecule has 0 spiro atoms. The average Bonchev–Trinajstić information content (AvgIpc) is 3.22. The highest BCUT2D eigenvalue weighted by molar-refractivity contribution is 6.28. The van der Waals surface area contributed by atoms with Crippen molar-refractivity contribution in [1.82, 2.24) is 0 Å². The minimum absolute atomic E-state index is 1.26. The van der Waals surface area contributed by atoms with Gasteiger partial charge in [-0.1, -0.05) is 182 Å². The number of rotatable bonds is 3. The Bertz CT molecular complexity index is 3180.